The highest BCUT2D eigenvalue weighted by Gasteiger charge is 2.20. The summed E-state index contributed by atoms with van der Waals surface area (Å²) in [5, 5.41) is 26.3. The fourth-order valence-corrected chi connectivity index (χ4v) is 2.58. The smallest absolute Gasteiger partial charge is 0.277 e. The van der Waals surface area contributed by atoms with Gasteiger partial charge in [0.25, 0.3) is 17.3 Å². The summed E-state index contributed by atoms with van der Waals surface area (Å²) < 4.78 is 0. The Labute approximate surface area is 134 Å². The van der Waals surface area contributed by atoms with Crippen LogP contribution in [0, 0.1) is 20.2 Å². The molecule has 0 bridgehead atoms. The topological polar surface area (TPSA) is 128 Å². The van der Waals surface area contributed by atoms with E-state index in [4.69, 9.17) is 0 Å². The quantitative estimate of drug-likeness (QED) is 0.658. The van der Waals surface area contributed by atoms with Gasteiger partial charge in [-0.05, 0) is 5.92 Å². The normalized spacial score (nSPS) is 10.6. The number of benzene rings is 1. The summed E-state index contributed by atoms with van der Waals surface area (Å²) in [4.78, 5) is 36.4. The number of non-ortho nitro benzene ring substituents is 2. The molecule has 0 saturated heterocycles. The van der Waals surface area contributed by atoms with Gasteiger partial charge in [0.05, 0.1) is 27.2 Å². The molecule has 1 amide bonds. The molecule has 0 aliphatic rings. The first-order chi connectivity index (χ1) is 10.8. The molecule has 9 nitrogen and oxygen atoms in total. The second-order valence-electron chi connectivity index (χ2n) is 4.94. The lowest BCUT2D eigenvalue weighted by molar-refractivity contribution is -0.394. The second-order valence-corrected chi connectivity index (χ2v) is 5.80. The molecule has 0 saturated carbocycles. The zero-order valence-corrected chi connectivity index (χ0v) is 13.0. The second kappa shape index (κ2) is 6.48. The van der Waals surface area contributed by atoms with Crippen molar-refractivity contribution in [2.24, 2.45) is 0 Å². The summed E-state index contributed by atoms with van der Waals surface area (Å²) in [5.74, 6) is -0.503. The molecule has 0 spiro atoms. The van der Waals surface area contributed by atoms with Crippen LogP contribution in [-0.4, -0.2) is 20.7 Å². The Kier molecular flexibility index (Phi) is 4.65. The molecule has 0 radical (unpaired) electrons. The monoisotopic (exact) mass is 336 g/mol. The predicted molar refractivity (Wildman–Crippen MR) is 83.9 cm³/mol. The zero-order chi connectivity index (χ0) is 17.1. The average molecular weight is 336 g/mol. The number of carbonyl (C=O) groups excluding carboxylic acids is 1. The van der Waals surface area contributed by atoms with E-state index in [1.165, 1.54) is 11.3 Å². The van der Waals surface area contributed by atoms with E-state index in [0.29, 0.717) is 5.13 Å². The lowest BCUT2D eigenvalue weighted by Gasteiger charge is -2.03. The Morgan fingerprint density at radius 1 is 1.17 bits per heavy atom. The molecule has 0 atom stereocenters. The standard InChI is InChI=1S/C13H12N4O5S/c1-7(2)11-6-23-13(14-11)15-12(18)8-3-9(16(19)20)5-10(4-8)17(21)22/h3-7H,1-2H3,(H,14,15,18). The van der Waals surface area contributed by atoms with E-state index in [0.717, 1.165) is 23.9 Å². The number of thiazole rings is 1. The molecule has 0 unspecified atom stereocenters. The Morgan fingerprint density at radius 2 is 1.74 bits per heavy atom. The molecule has 0 aliphatic carbocycles. The lowest BCUT2D eigenvalue weighted by atomic mass is 10.1. The van der Waals surface area contributed by atoms with E-state index in [2.05, 4.69) is 10.3 Å². The summed E-state index contributed by atoms with van der Waals surface area (Å²) in [7, 11) is 0. The number of amides is 1. The molecule has 0 aliphatic heterocycles. The van der Waals surface area contributed by atoms with Gasteiger partial charge in [0, 0.05) is 17.5 Å². The minimum Gasteiger partial charge on any atom is -0.298 e. The van der Waals surface area contributed by atoms with Gasteiger partial charge >= 0.3 is 0 Å². The summed E-state index contributed by atoms with van der Waals surface area (Å²) in [6.45, 7) is 3.90. The zero-order valence-electron chi connectivity index (χ0n) is 12.2. The summed E-state index contributed by atoms with van der Waals surface area (Å²) >= 11 is 1.21. The van der Waals surface area contributed by atoms with Crippen LogP contribution in [0.3, 0.4) is 0 Å². The van der Waals surface area contributed by atoms with Crippen LogP contribution in [0.1, 0.15) is 35.8 Å². The Bertz CT molecular complexity index is 754. The molecule has 1 N–H and O–H groups in total. The van der Waals surface area contributed by atoms with E-state index in [-0.39, 0.29) is 11.5 Å². The number of nitro benzene ring substituents is 2. The first-order valence-corrected chi connectivity index (χ1v) is 7.36. The maximum absolute atomic E-state index is 12.2. The largest absolute Gasteiger partial charge is 0.298 e. The minimum absolute atomic E-state index is 0.174. The average Bonchev–Trinajstić information content (AvgIpc) is 2.95. The van der Waals surface area contributed by atoms with Gasteiger partial charge in [-0.1, -0.05) is 13.8 Å². The SMILES string of the molecule is CC(C)c1csc(NC(=O)c2cc([N+](=O)[O-])cc([N+](=O)[O-])c2)n1. The van der Waals surface area contributed by atoms with E-state index < -0.39 is 27.1 Å². The minimum atomic E-state index is -0.788. The molecule has 1 aromatic carbocycles. The van der Waals surface area contributed by atoms with Crippen molar-refractivity contribution in [2.45, 2.75) is 19.8 Å². The van der Waals surface area contributed by atoms with Crippen molar-refractivity contribution in [1.29, 1.82) is 0 Å². The molecular weight excluding hydrogens is 324 g/mol. The number of anilines is 1. The number of nitro groups is 2. The van der Waals surface area contributed by atoms with Crippen LogP contribution in [0.2, 0.25) is 0 Å². The molecule has 2 aromatic rings. The van der Waals surface area contributed by atoms with Crippen LogP contribution in [-0.2, 0) is 0 Å². The van der Waals surface area contributed by atoms with Gasteiger partial charge in [-0.2, -0.15) is 0 Å². The molecule has 1 aromatic heterocycles. The van der Waals surface area contributed by atoms with Gasteiger partial charge in [-0.25, -0.2) is 4.98 Å². The molecule has 0 fully saturated rings. The van der Waals surface area contributed by atoms with Crippen LogP contribution in [0.15, 0.2) is 23.6 Å². The van der Waals surface area contributed by atoms with Crippen molar-refractivity contribution < 1.29 is 14.6 Å². The van der Waals surface area contributed by atoms with Gasteiger partial charge in [0.15, 0.2) is 5.13 Å². The Balaban J connectivity index is 2.30. The summed E-state index contributed by atoms with van der Waals surface area (Å²) in [5.41, 5.74) is -0.416. The molecule has 120 valence electrons. The Hall–Kier alpha value is -2.88. The van der Waals surface area contributed by atoms with Crippen molar-refractivity contribution in [3.8, 4) is 0 Å². The maximum atomic E-state index is 12.2. The third kappa shape index (κ3) is 3.86. The number of hydrogen-bond acceptors (Lipinski definition) is 7. The van der Waals surface area contributed by atoms with E-state index in [9.17, 15) is 25.0 Å². The number of aromatic nitrogens is 1. The first-order valence-electron chi connectivity index (χ1n) is 6.48. The van der Waals surface area contributed by atoms with Crippen molar-refractivity contribution >= 4 is 33.8 Å². The highest BCUT2D eigenvalue weighted by Crippen LogP contribution is 2.25. The summed E-state index contributed by atoms with van der Waals surface area (Å²) in [6.07, 6.45) is 0. The molecular formula is C13H12N4O5S. The molecule has 2 rings (SSSR count). The van der Waals surface area contributed by atoms with Gasteiger partial charge in [-0.15, -0.1) is 11.3 Å². The van der Waals surface area contributed by atoms with E-state index in [1.54, 1.807) is 5.38 Å². The van der Waals surface area contributed by atoms with E-state index in [1.807, 2.05) is 13.8 Å². The van der Waals surface area contributed by atoms with Crippen LogP contribution in [0.4, 0.5) is 16.5 Å². The highest BCUT2D eigenvalue weighted by molar-refractivity contribution is 7.14. The fourth-order valence-electron chi connectivity index (χ4n) is 1.72. The van der Waals surface area contributed by atoms with Gasteiger partial charge < -0.3 is 0 Å². The number of nitrogens with zero attached hydrogens (tertiary/aromatic N) is 3. The number of hydrogen-bond donors (Lipinski definition) is 1. The van der Waals surface area contributed by atoms with Crippen LogP contribution in [0.25, 0.3) is 0 Å². The highest BCUT2D eigenvalue weighted by atomic mass is 32.1. The molecule has 10 heteroatoms. The van der Waals surface area contributed by atoms with Crippen molar-refractivity contribution in [3.63, 3.8) is 0 Å². The molecule has 23 heavy (non-hydrogen) atoms. The lowest BCUT2D eigenvalue weighted by Crippen LogP contribution is -2.12. The fraction of sp³-hybridized carbons (Fsp3) is 0.231. The third-order valence-corrected chi connectivity index (χ3v) is 3.70. The Morgan fingerprint density at radius 3 is 2.17 bits per heavy atom. The van der Waals surface area contributed by atoms with Crippen molar-refractivity contribution in [2.75, 3.05) is 5.32 Å². The maximum Gasteiger partial charge on any atom is 0.277 e. The van der Waals surface area contributed by atoms with E-state index >= 15 is 0 Å². The first kappa shape index (κ1) is 16.5. The third-order valence-electron chi connectivity index (χ3n) is 2.92. The van der Waals surface area contributed by atoms with Crippen molar-refractivity contribution in [1.82, 2.24) is 4.98 Å². The van der Waals surface area contributed by atoms with Crippen LogP contribution >= 0.6 is 11.3 Å². The summed E-state index contributed by atoms with van der Waals surface area (Å²) in [6, 6.07) is 2.77. The predicted octanol–water partition coefficient (Wildman–Crippen LogP) is 3.34. The number of carbonyl (C=O) groups is 1. The van der Waals surface area contributed by atoms with Crippen molar-refractivity contribution in [3.05, 3.63) is 55.1 Å². The van der Waals surface area contributed by atoms with Crippen LogP contribution in [0.5, 0.6) is 0 Å². The number of rotatable bonds is 5. The van der Waals surface area contributed by atoms with Gasteiger partial charge in [-0.3, -0.25) is 30.3 Å². The van der Waals surface area contributed by atoms with Gasteiger partial charge in [0.2, 0.25) is 0 Å². The molecule has 1 heterocycles. The number of nitrogens with one attached hydrogen (secondary N) is 1. The van der Waals surface area contributed by atoms with Crippen LogP contribution < -0.4 is 5.32 Å². The van der Waals surface area contributed by atoms with Gasteiger partial charge in [0.1, 0.15) is 0 Å².